The molecule has 0 radical (unpaired) electrons. The highest BCUT2D eigenvalue weighted by Crippen LogP contribution is 2.18. The molecule has 0 N–H and O–H groups in total. The minimum absolute atomic E-state index is 0.470. The first kappa shape index (κ1) is 29.9. The van der Waals surface area contributed by atoms with Crippen LogP contribution in [0.5, 0.6) is 0 Å². The van der Waals surface area contributed by atoms with Crippen LogP contribution in [-0.4, -0.2) is 5.78 Å². The predicted molar refractivity (Wildman–Crippen MR) is 141 cm³/mol. The number of carbonyl (C=O) groups excluding carboxylic acids is 1. The van der Waals surface area contributed by atoms with Gasteiger partial charge in [0.1, 0.15) is 5.78 Å². The molecule has 0 spiro atoms. The van der Waals surface area contributed by atoms with Crippen molar-refractivity contribution in [2.75, 3.05) is 0 Å². The fourth-order valence-electron chi connectivity index (χ4n) is 4.17. The lowest BCUT2D eigenvalue weighted by molar-refractivity contribution is -0.119. The summed E-state index contributed by atoms with van der Waals surface area (Å²) in [5.41, 5.74) is 1.41. The standard InChI is InChI=1S/C30H54O/c1-6-7-21-28(4)22-17-13-11-9-8-10-12-14-19-24-30(31)25-20-16-15-18-23-29(5)26-27(2)3/h8-11,27,29H,4,6-7,12-26H2,1-3,5H3/b10-8+,11-9+/t29-/m0/s1. The zero-order valence-corrected chi connectivity index (χ0v) is 21.6. The smallest absolute Gasteiger partial charge is 0.132 e. The largest absolute Gasteiger partial charge is 0.300 e. The van der Waals surface area contributed by atoms with Crippen molar-refractivity contribution in [1.29, 1.82) is 0 Å². The van der Waals surface area contributed by atoms with Crippen LogP contribution >= 0.6 is 0 Å². The van der Waals surface area contributed by atoms with E-state index in [0.717, 1.165) is 56.8 Å². The lowest BCUT2D eigenvalue weighted by Crippen LogP contribution is -2.00. The molecule has 0 rings (SSSR count). The molecule has 0 aliphatic rings. The zero-order chi connectivity index (χ0) is 23.2. The van der Waals surface area contributed by atoms with E-state index in [1.165, 1.54) is 69.8 Å². The topological polar surface area (TPSA) is 17.1 Å². The molecule has 0 saturated carbocycles. The molecule has 0 fully saturated rings. The number of rotatable bonds is 22. The summed E-state index contributed by atoms with van der Waals surface area (Å²) in [5, 5.41) is 0. The van der Waals surface area contributed by atoms with Gasteiger partial charge in [0, 0.05) is 12.8 Å². The van der Waals surface area contributed by atoms with E-state index < -0.39 is 0 Å². The highest BCUT2D eigenvalue weighted by molar-refractivity contribution is 5.78. The van der Waals surface area contributed by atoms with Gasteiger partial charge in [0.05, 0.1) is 0 Å². The average Bonchev–Trinajstić information content (AvgIpc) is 2.72. The van der Waals surface area contributed by atoms with Crippen LogP contribution in [0.3, 0.4) is 0 Å². The van der Waals surface area contributed by atoms with Crippen LogP contribution in [0.1, 0.15) is 137 Å². The van der Waals surface area contributed by atoms with Crippen LogP contribution in [0, 0.1) is 11.8 Å². The first-order chi connectivity index (χ1) is 15.0. The summed E-state index contributed by atoms with van der Waals surface area (Å²) in [6, 6.07) is 0. The van der Waals surface area contributed by atoms with Crippen LogP contribution in [0.4, 0.5) is 0 Å². The number of carbonyl (C=O) groups is 1. The third-order valence-electron chi connectivity index (χ3n) is 6.02. The monoisotopic (exact) mass is 430 g/mol. The Hall–Kier alpha value is -1.11. The fraction of sp³-hybridized carbons (Fsp3) is 0.767. The highest BCUT2D eigenvalue weighted by Gasteiger charge is 2.05. The van der Waals surface area contributed by atoms with E-state index in [4.69, 9.17) is 0 Å². The number of hydrogen-bond donors (Lipinski definition) is 0. The maximum atomic E-state index is 12.0. The number of ketones is 1. The van der Waals surface area contributed by atoms with Crippen LogP contribution < -0.4 is 0 Å². The molecule has 0 heterocycles. The van der Waals surface area contributed by atoms with E-state index in [-0.39, 0.29) is 0 Å². The second-order valence-electron chi connectivity index (χ2n) is 10.1. The molecule has 0 saturated heterocycles. The van der Waals surface area contributed by atoms with Gasteiger partial charge >= 0.3 is 0 Å². The van der Waals surface area contributed by atoms with Gasteiger partial charge in [-0.3, -0.25) is 4.79 Å². The second kappa shape index (κ2) is 22.1. The van der Waals surface area contributed by atoms with E-state index in [1.807, 2.05) is 0 Å². The minimum Gasteiger partial charge on any atom is -0.300 e. The molecule has 0 aliphatic carbocycles. The summed E-state index contributed by atoms with van der Waals surface area (Å²) in [7, 11) is 0. The minimum atomic E-state index is 0.470. The summed E-state index contributed by atoms with van der Waals surface area (Å²) < 4.78 is 0. The van der Waals surface area contributed by atoms with Crippen molar-refractivity contribution in [3.8, 4) is 0 Å². The molecular weight excluding hydrogens is 376 g/mol. The Kier molecular flexibility index (Phi) is 21.3. The predicted octanol–water partition coefficient (Wildman–Crippen LogP) is 10.2. The van der Waals surface area contributed by atoms with Crippen LogP contribution in [0.25, 0.3) is 0 Å². The molecule has 0 aromatic rings. The first-order valence-corrected chi connectivity index (χ1v) is 13.5. The summed E-state index contributed by atoms with van der Waals surface area (Å²) >= 11 is 0. The van der Waals surface area contributed by atoms with Crippen molar-refractivity contribution in [2.45, 2.75) is 137 Å². The molecule has 0 bridgehead atoms. The van der Waals surface area contributed by atoms with E-state index in [0.29, 0.717) is 5.78 Å². The molecule has 0 amide bonds. The molecule has 0 unspecified atom stereocenters. The summed E-state index contributed by atoms with van der Waals surface area (Å²) in [6.45, 7) is 13.4. The number of hydrogen-bond acceptors (Lipinski definition) is 1. The highest BCUT2D eigenvalue weighted by atomic mass is 16.1. The van der Waals surface area contributed by atoms with E-state index >= 15 is 0 Å². The van der Waals surface area contributed by atoms with Gasteiger partial charge in [0.25, 0.3) is 0 Å². The molecule has 1 heteroatoms. The van der Waals surface area contributed by atoms with Crippen LogP contribution in [-0.2, 0) is 4.79 Å². The second-order valence-corrected chi connectivity index (χ2v) is 10.1. The van der Waals surface area contributed by atoms with Gasteiger partial charge < -0.3 is 0 Å². The van der Waals surface area contributed by atoms with Gasteiger partial charge in [0.2, 0.25) is 0 Å². The molecule has 0 aromatic carbocycles. The van der Waals surface area contributed by atoms with Crippen LogP contribution in [0.15, 0.2) is 36.5 Å². The van der Waals surface area contributed by atoms with Gasteiger partial charge in [-0.15, -0.1) is 0 Å². The van der Waals surface area contributed by atoms with Gasteiger partial charge in [-0.1, -0.05) is 96.3 Å². The number of Topliss-reactive ketones (excluding diaryl/α,β-unsaturated/α-hetero) is 1. The van der Waals surface area contributed by atoms with Crippen LogP contribution in [0.2, 0.25) is 0 Å². The third kappa shape index (κ3) is 23.4. The zero-order valence-electron chi connectivity index (χ0n) is 21.6. The van der Waals surface area contributed by atoms with Crippen molar-refractivity contribution in [3.63, 3.8) is 0 Å². The summed E-state index contributed by atoms with van der Waals surface area (Å²) in [4.78, 5) is 12.0. The Morgan fingerprint density at radius 3 is 1.97 bits per heavy atom. The van der Waals surface area contributed by atoms with Gasteiger partial charge in [0.15, 0.2) is 0 Å². The Morgan fingerprint density at radius 1 is 0.742 bits per heavy atom. The van der Waals surface area contributed by atoms with Gasteiger partial charge in [-0.05, 0) is 76.0 Å². The van der Waals surface area contributed by atoms with Gasteiger partial charge in [-0.25, -0.2) is 0 Å². The van der Waals surface area contributed by atoms with Crippen molar-refractivity contribution in [2.24, 2.45) is 11.8 Å². The fourth-order valence-corrected chi connectivity index (χ4v) is 4.17. The number of allylic oxidation sites excluding steroid dienone is 5. The molecule has 0 aromatic heterocycles. The molecule has 180 valence electrons. The maximum absolute atomic E-state index is 12.0. The number of unbranched alkanes of at least 4 members (excludes halogenated alkanes) is 7. The molecule has 1 atom stereocenters. The summed E-state index contributed by atoms with van der Waals surface area (Å²) in [6.07, 6.45) is 28.5. The SMILES string of the molecule is C=C(CCCC)CCC/C=C/C=C/CCCCC(=O)CCCCCC[C@H](C)CC(C)C. The lowest BCUT2D eigenvalue weighted by atomic mass is 9.93. The van der Waals surface area contributed by atoms with E-state index in [2.05, 4.69) is 58.6 Å². The molecule has 1 nitrogen and oxygen atoms in total. The maximum Gasteiger partial charge on any atom is 0.132 e. The normalized spacial score (nSPS) is 12.9. The molecular formula is C30H54O. The third-order valence-corrected chi connectivity index (χ3v) is 6.02. The van der Waals surface area contributed by atoms with Crippen molar-refractivity contribution in [3.05, 3.63) is 36.5 Å². The Balaban J connectivity index is 3.46. The quantitative estimate of drug-likeness (QED) is 0.0948. The first-order valence-electron chi connectivity index (χ1n) is 13.5. The lowest BCUT2D eigenvalue weighted by Gasteiger charge is -2.13. The molecule has 0 aliphatic heterocycles. The van der Waals surface area contributed by atoms with Crippen molar-refractivity contribution < 1.29 is 4.79 Å². The van der Waals surface area contributed by atoms with E-state index in [1.54, 1.807) is 0 Å². The van der Waals surface area contributed by atoms with Crippen molar-refractivity contribution >= 4 is 5.78 Å². The van der Waals surface area contributed by atoms with Crippen molar-refractivity contribution in [1.82, 2.24) is 0 Å². The summed E-state index contributed by atoms with van der Waals surface area (Å²) in [5.74, 6) is 2.14. The Bertz CT molecular complexity index is 483. The van der Waals surface area contributed by atoms with Gasteiger partial charge in [-0.2, -0.15) is 0 Å². The average molecular weight is 431 g/mol. The van der Waals surface area contributed by atoms with E-state index in [9.17, 15) is 4.79 Å². The Labute approximate surface area is 195 Å². The molecule has 31 heavy (non-hydrogen) atoms. The Morgan fingerprint density at radius 2 is 1.32 bits per heavy atom.